The predicted molar refractivity (Wildman–Crippen MR) is 113 cm³/mol. The fourth-order valence-electron chi connectivity index (χ4n) is 2.97. The molecule has 1 amide bonds. The number of thiazole rings is 1. The van der Waals surface area contributed by atoms with Crippen LogP contribution < -0.4 is 9.54 Å². The molecule has 0 radical (unpaired) electrons. The molecule has 3 rings (SSSR count). The van der Waals surface area contributed by atoms with Crippen molar-refractivity contribution in [2.24, 2.45) is 4.99 Å². The molecular weight excluding hydrogens is 424 g/mol. The SMILES string of the molecule is CCc1sc(=NC(=O)c2ccccc2OC)n(CC)c1-c1ccc(Br)cc1. The van der Waals surface area contributed by atoms with Crippen molar-refractivity contribution in [3.8, 4) is 17.0 Å². The molecule has 0 N–H and O–H groups in total. The van der Waals surface area contributed by atoms with Gasteiger partial charge in [-0.15, -0.1) is 11.3 Å². The minimum atomic E-state index is -0.291. The molecule has 0 aliphatic heterocycles. The number of rotatable bonds is 5. The monoisotopic (exact) mass is 444 g/mol. The smallest absolute Gasteiger partial charge is 0.283 e. The van der Waals surface area contributed by atoms with Gasteiger partial charge in [-0.25, -0.2) is 0 Å². The van der Waals surface area contributed by atoms with Gasteiger partial charge in [0.25, 0.3) is 5.91 Å². The van der Waals surface area contributed by atoms with E-state index in [9.17, 15) is 4.79 Å². The standard InChI is InChI=1S/C21H21BrN2O2S/c1-4-18-19(14-10-12-15(22)13-11-14)24(5-2)21(27-18)23-20(25)16-8-6-7-9-17(16)26-3/h6-13H,4-5H2,1-3H3. The summed E-state index contributed by atoms with van der Waals surface area (Å²) in [5, 5.41) is 0. The van der Waals surface area contributed by atoms with Crippen LogP contribution in [0.1, 0.15) is 29.1 Å². The normalized spacial score (nSPS) is 11.6. The Balaban J connectivity index is 2.15. The number of ether oxygens (including phenoxy) is 1. The van der Waals surface area contributed by atoms with Crippen molar-refractivity contribution >= 4 is 33.2 Å². The number of nitrogens with zero attached hydrogens (tertiary/aromatic N) is 2. The Labute approximate surface area is 171 Å². The second kappa shape index (κ2) is 8.67. The number of hydrogen-bond acceptors (Lipinski definition) is 3. The molecule has 4 nitrogen and oxygen atoms in total. The summed E-state index contributed by atoms with van der Waals surface area (Å²) in [6, 6.07) is 15.4. The summed E-state index contributed by atoms with van der Waals surface area (Å²) in [7, 11) is 1.56. The molecular formula is C21H21BrN2O2S. The first-order valence-electron chi connectivity index (χ1n) is 8.79. The van der Waals surface area contributed by atoms with Crippen molar-refractivity contribution in [3.05, 3.63) is 68.2 Å². The second-order valence-electron chi connectivity index (χ2n) is 5.88. The highest BCUT2D eigenvalue weighted by Gasteiger charge is 2.16. The maximum Gasteiger partial charge on any atom is 0.283 e. The topological polar surface area (TPSA) is 43.6 Å². The Hall–Kier alpha value is -2.18. The molecule has 1 heterocycles. The molecule has 0 aliphatic rings. The summed E-state index contributed by atoms with van der Waals surface area (Å²) in [6.45, 7) is 4.93. The van der Waals surface area contributed by atoms with Gasteiger partial charge in [-0.2, -0.15) is 4.99 Å². The van der Waals surface area contributed by atoms with E-state index in [1.54, 1.807) is 30.6 Å². The second-order valence-corrected chi connectivity index (χ2v) is 7.86. The molecule has 0 saturated heterocycles. The van der Waals surface area contributed by atoms with Crippen LogP contribution in [0.4, 0.5) is 0 Å². The van der Waals surface area contributed by atoms with Gasteiger partial charge in [0.2, 0.25) is 0 Å². The van der Waals surface area contributed by atoms with Crippen molar-refractivity contribution in [3.63, 3.8) is 0 Å². The number of benzene rings is 2. The highest BCUT2D eigenvalue weighted by Crippen LogP contribution is 2.28. The Kier molecular flexibility index (Phi) is 6.29. The Bertz CT molecular complexity index is 1020. The highest BCUT2D eigenvalue weighted by atomic mass is 79.9. The minimum absolute atomic E-state index is 0.291. The highest BCUT2D eigenvalue weighted by molar-refractivity contribution is 9.10. The third-order valence-corrected chi connectivity index (χ3v) is 6.02. The number of carbonyl (C=O) groups is 1. The van der Waals surface area contributed by atoms with Crippen molar-refractivity contribution in [1.82, 2.24) is 4.57 Å². The Morgan fingerprint density at radius 2 is 1.85 bits per heavy atom. The maximum atomic E-state index is 12.8. The van der Waals surface area contributed by atoms with E-state index in [1.165, 1.54) is 4.88 Å². The summed E-state index contributed by atoms with van der Waals surface area (Å²) in [4.78, 5) is 19.2. The molecule has 0 unspecified atom stereocenters. The van der Waals surface area contributed by atoms with Crippen LogP contribution >= 0.6 is 27.3 Å². The zero-order chi connectivity index (χ0) is 19.4. The molecule has 0 saturated carbocycles. The zero-order valence-corrected chi connectivity index (χ0v) is 17.9. The largest absolute Gasteiger partial charge is 0.496 e. The molecule has 1 aromatic heterocycles. The molecule has 140 valence electrons. The molecule has 0 atom stereocenters. The number of aromatic nitrogens is 1. The minimum Gasteiger partial charge on any atom is -0.496 e. The van der Waals surface area contributed by atoms with E-state index < -0.39 is 0 Å². The molecule has 0 bridgehead atoms. The first-order chi connectivity index (χ1) is 13.1. The molecule has 0 fully saturated rings. The van der Waals surface area contributed by atoms with Crippen LogP contribution in [0.15, 0.2) is 58.0 Å². The first-order valence-corrected chi connectivity index (χ1v) is 10.4. The van der Waals surface area contributed by atoms with E-state index in [1.807, 2.05) is 24.3 Å². The first kappa shape index (κ1) is 19.6. The summed E-state index contributed by atoms with van der Waals surface area (Å²) < 4.78 is 8.45. The van der Waals surface area contributed by atoms with Crippen molar-refractivity contribution in [2.75, 3.05) is 7.11 Å². The number of hydrogen-bond donors (Lipinski definition) is 0. The number of para-hydroxylation sites is 1. The van der Waals surface area contributed by atoms with E-state index >= 15 is 0 Å². The van der Waals surface area contributed by atoms with Gasteiger partial charge in [0, 0.05) is 15.9 Å². The average molecular weight is 445 g/mol. The van der Waals surface area contributed by atoms with Gasteiger partial charge >= 0.3 is 0 Å². The van der Waals surface area contributed by atoms with E-state index in [0.717, 1.165) is 28.7 Å². The fourth-order valence-corrected chi connectivity index (χ4v) is 4.38. The van der Waals surface area contributed by atoms with Crippen LogP contribution in [-0.2, 0) is 13.0 Å². The lowest BCUT2D eigenvalue weighted by Crippen LogP contribution is -2.17. The molecule has 6 heteroatoms. The zero-order valence-electron chi connectivity index (χ0n) is 15.5. The Morgan fingerprint density at radius 3 is 2.48 bits per heavy atom. The van der Waals surface area contributed by atoms with Crippen molar-refractivity contribution < 1.29 is 9.53 Å². The summed E-state index contributed by atoms with van der Waals surface area (Å²) >= 11 is 5.06. The van der Waals surface area contributed by atoms with E-state index in [4.69, 9.17) is 4.74 Å². The van der Waals surface area contributed by atoms with Gasteiger partial charge in [0.05, 0.1) is 18.4 Å². The van der Waals surface area contributed by atoms with Crippen molar-refractivity contribution in [1.29, 1.82) is 0 Å². The van der Waals surface area contributed by atoms with Crippen LogP contribution in [-0.4, -0.2) is 17.6 Å². The summed E-state index contributed by atoms with van der Waals surface area (Å²) in [5.41, 5.74) is 2.72. The van der Waals surface area contributed by atoms with Crippen LogP contribution in [0.5, 0.6) is 5.75 Å². The molecule has 0 aliphatic carbocycles. The van der Waals surface area contributed by atoms with E-state index in [0.29, 0.717) is 16.1 Å². The van der Waals surface area contributed by atoms with E-state index in [2.05, 4.69) is 51.5 Å². The van der Waals surface area contributed by atoms with Crippen molar-refractivity contribution in [2.45, 2.75) is 26.8 Å². The van der Waals surface area contributed by atoms with Crippen LogP contribution in [0.2, 0.25) is 0 Å². The van der Waals surface area contributed by atoms with Gasteiger partial charge in [-0.1, -0.05) is 47.1 Å². The number of methoxy groups -OCH3 is 1. The molecule has 0 spiro atoms. The van der Waals surface area contributed by atoms with Crippen LogP contribution in [0.3, 0.4) is 0 Å². The van der Waals surface area contributed by atoms with E-state index in [-0.39, 0.29) is 5.91 Å². The maximum absolute atomic E-state index is 12.8. The van der Waals surface area contributed by atoms with Gasteiger partial charge in [0.1, 0.15) is 5.75 Å². The summed E-state index contributed by atoms with van der Waals surface area (Å²) in [5.74, 6) is 0.246. The van der Waals surface area contributed by atoms with Crippen LogP contribution in [0, 0.1) is 0 Å². The number of amides is 1. The third kappa shape index (κ3) is 4.06. The van der Waals surface area contributed by atoms with Gasteiger partial charge in [-0.3, -0.25) is 4.79 Å². The quantitative estimate of drug-likeness (QED) is 0.534. The Morgan fingerprint density at radius 1 is 1.15 bits per heavy atom. The lowest BCUT2D eigenvalue weighted by molar-refractivity contribution is 0.0995. The van der Waals surface area contributed by atoms with Gasteiger partial charge in [-0.05, 0) is 43.2 Å². The number of carbonyl (C=O) groups excluding carboxylic acids is 1. The molecule has 3 aromatic rings. The lowest BCUT2D eigenvalue weighted by Gasteiger charge is -2.09. The number of halogens is 1. The fraction of sp³-hybridized carbons (Fsp3) is 0.238. The predicted octanol–water partition coefficient (Wildman–Crippen LogP) is 5.31. The molecule has 27 heavy (non-hydrogen) atoms. The van der Waals surface area contributed by atoms with Crippen LogP contribution in [0.25, 0.3) is 11.3 Å². The average Bonchev–Trinajstić information content (AvgIpc) is 3.05. The lowest BCUT2D eigenvalue weighted by atomic mass is 10.1. The number of aryl methyl sites for hydroxylation is 1. The van der Waals surface area contributed by atoms with Gasteiger partial charge in [0.15, 0.2) is 4.80 Å². The third-order valence-electron chi connectivity index (χ3n) is 4.27. The summed E-state index contributed by atoms with van der Waals surface area (Å²) in [6.07, 6.45) is 0.883. The van der Waals surface area contributed by atoms with Gasteiger partial charge < -0.3 is 9.30 Å². The molecule has 2 aromatic carbocycles.